The Morgan fingerprint density at radius 3 is 2.81 bits per heavy atom. The Kier molecular flexibility index (Phi) is 2.06. The maximum atomic E-state index is 11.8. The first-order chi connectivity index (χ1) is 7.57. The van der Waals surface area contributed by atoms with Crippen LogP contribution in [0.25, 0.3) is 12.2 Å². The predicted molar refractivity (Wildman–Crippen MR) is 57.9 cm³/mol. The van der Waals surface area contributed by atoms with Crippen molar-refractivity contribution < 1.29 is 0 Å². The van der Waals surface area contributed by atoms with E-state index < -0.39 is 11.1 Å². The smallest absolute Gasteiger partial charge is 0.266 e. The maximum absolute atomic E-state index is 11.8. The van der Waals surface area contributed by atoms with E-state index in [1.165, 1.54) is 12.3 Å². The normalized spacial score (nSPS) is 10.2. The van der Waals surface area contributed by atoms with Crippen molar-refractivity contribution >= 4 is 12.2 Å². The standard InChI is InChI=1S/C11H7N3O2/c1-6-7(2)11(16)14-9(15)3-4-13-10(14)8(6)5-12/h3-4H,2H2,1H3. The summed E-state index contributed by atoms with van der Waals surface area (Å²) < 4.78 is 0.869. The van der Waals surface area contributed by atoms with E-state index >= 15 is 0 Å². The molecule has 2 heterocycles. The van der Waals surface area contributed by atoms with E-state index in [0.717, 1.165) is 4.40 Å². The van der Waals surface area contributed by atoms with Gasteiger partial charge in [-0.25, -0.2) is 9.38 Å². The third kappa shape index (κ3) is 1.13. The van der Waals surface area contributed by atoms with Crippen LogP contribution in [0.1, 0.15) is 11.1 Å². The zero-order valence-electron chi connectivity index (χ0n) is 8.52. The second kappa shape index (κ2) is 3.28. The Morgan fingerprint density at radius 1 is 1.50 bits per heavy atom. The molecule has 2 rings (SSSR count). The molecule has 78 valence electrons. The molecule has 0 aromatic carbocycles. The van der Waals surface area contributed by atoms with E-state index in [1.54, 1.807) is 6.92 Å². The van der Waals surface area contributed by atoms with Gasteiger partial charge >= 0.3 is 0 Å². The molecule has 0 fully saturated rings. The second-order valence-electron chi connectivity index (χ2n) is 3.34. The summed E-state index contributed by atoms with van der Waals surface area (Å²) in [5.74, 6) is 0. The van der Waals surface area contributed by atoms with Crippen LogP contribution in [0.3, 0.4) is 0 Å². The number of fused-ring (bicyclic) bond motifs is 1. The summed E-state index contributed by atoms with van der Waals surface area (Å²) in [5.41, 5.74) is -0.265. The fourth-order valence-corrected chi connectivity index (χ4v) is 1.53. The minimum absolute atomic E-state index is 0.0879. The molecule has 0 atom stereocenters. The fraction of sp³-hybridized carbons (Fsp3) is 0.0909. The highest BCUT2D eigenvalue weighted by atomic mass is 16.2. The van der Waals surface area contributed by atoms with Crippen molar-refractivity contribution in [3.8, 4) is 6.07 Å². The number of nitrogens with zero attached hydrogens (tertiary/aromatic N) is 3. The van der Waals surface area contributed by atoms with E-state index in [4.69, 9.17) is 5.26 Å². The second-order valence-corrected chi connectivity index (χ2v) is 3.34. The van der Waals surface area contributed by atoms with Gasteiger partial charge in [0, 0.05) is 17.5 Å². The van der Waals surface area contributed by atoms with Gasteiger partial charge in [0.15, 0.2) is 5.65 Å². The van der Waals surface area contributed by atoms with Crippen LogP contribution in [-0.2, 0) is 0 Å². The highest BCUT2D eigenvalue weighted by Gasteiger charge is 2.11. The van der Waals surface area contributed by atoms with E-state index in [2.05, 4.69) is 11.6 Å². The summed E-state index contributed by atoms with van der Waals surface area (Å²) in [4.78, 5) is 27.2. The molecule has 0 saturated carbocycles. The summed E-state index contributed by atoms with van der Waals surface area (Å²) in [6, 6.07) is 3.10. The number of hydrogen-bond donors (Lipinski definition) is 0. The van der Waals surface area contributed by atoms with Gasteiger partial charge in [-0.3, -0.25) is 9.59 Å². The Labute approximate surface area is 89.9 Å². The lowest BCUT2D eigenvalue weighted by Crippen LogP contribution is -2.39. The molecule has 0 amide bonds. The van der Waals surface area contributed by atoms with Gasteiger partial charge in [-0.05, 0) is 12.5 Å². The lowest BCUT2D eigenvalue weighted by molar-refractivity contribution is 0.974. The lowest BCUT2D eigenvalue weighted by atomic mass is 10.1. The number of aromatic nitrogens is 2. The van der Waals surface area contributed by atoms with Gasteiger partial charge in [-0.2, -0.15) is 5.26 Å². The average molecular weight is 213 g/mol. The summed E-state index contributed by atoms with van der Waals surface area (Å²) >= 11 is 0. The molecule has 0 radical (unpaired) electrons. The van der Waals surface area contributed by atoms with Crippen LogP contribution in [-0.4, -0.2) is 9.38 Å². The van der Waals surface area contributed by atoms with Gasteiger partial charge in [-0.15, -0.1) is 0 Å². The van der Waals surface area contributed by atoms with Crippen LogP contribution < -0.4 is 16.3 Å². The Bertz CT molecular complexity index is 784. The van der Waals surface area contributed by atoms with Gasteiger partial charge < -0.3 is 0 Å². The molecular weight excluding hydrogens is 206 g/mol. The first kappa shape index (κ1) is 10.1. The molecule has 0 aliphatic carbocycles. The largest absolute Gasteiger partial charge is 0.269 e. The molecule has 0 saturated heterocycles. The van der Waals surface area contributed by atoms with E-state index in [0.29, 0.717) is 5.56 Å². The van der Waals surface area contributed by atoms with Gasteiger partial charge in [0.2, 0.25) is 0 Å². The topological polar surface area (TPSA) is 75.2 Å². The number of pyridine rings is 1. The van der Waals surface area contributed by atoms with Gasteiger partial charge in [0.1, 0.15) is 6.07 Å². The molecule has 0 aliphatic rings. The van der Waals surface area contributed by atoms with Crippen molar-refractivity contribution in [2.75, 3.05) is 0 Å². The number of hydrogen-bond acceptors (Lipinski definition) is 4. The molecule has 0 bridgehead atoms. The number of nitriles is 1. The molecule has 5 nitrogen and oxygen atoms in total. The Balaban J connectivity index is 3.33. The molecule has 5 heteroatoms. The third-order valence-corrected chi connectivity index (χ3v) is 2.47. The first-order valence-electron chi connectivity index (χ1n) is 4.51. The third-order valence-electron chi connectivity index (χ3n) is 2.47. The minimum atomic E-state index is -0.524. The Morgan fingerprint density at radius 2 is 2.19 bits per heavy atom. The zero-order valence-corrected chi connectivity index (χ0v) is 8.52. The minimum Gasteiger partial charge on any atom is -0.269 e. The van der Waals surface area contributed by atoms with Gasteiger partial charge in [-0.1, -0.05) is 6.58 Å². The van der Waals surface area contributed by atoms with Gasteiger partial charge in [0.05, 0.1) is 5.56 Å². The van der Waals surface area contributed by atoms with Crippen LogP contribution >= 0.6 is 0 Å². The summed E-state index contributed by atoms with van der Waals surface area (Å²) in [5, 5.41) is 9.14. The molecule has 2 aromatic rings. The van der Waals surface area contributed by atoms with Crippen molar-refractivity contribution in [3.63, 3.8) is 0 Å². The van der Waals surface area contributed by atoms with E-state index in [9.17, 15) is 9.59 Å². The molecule has 16 heavy (non-hydrogen) atoms. The molecular formula is C11H7N3O2. The molecule has 2 aromatic heterocycles. The van der Waals surface area contributed by atoms with Crippen molar-refractivity contribution in [1.29, 1.82) is 5.26 Å². The molecule has 0 spiro atoms. The molecule has 0 aliphatic heterocycles. The SMILES string of the molecule is C=c1c(C)c(C#N)c2nccc(=O)n2c1=O. The fourth-order valence-electron chi connectivity index (χ4n) is 1.53. The first-order valence-corrected chi connectivity index (χ1v) is 4.51. The Hall–Kier alpha value is -2.48. The highest BCUT2D eigenvalue weighted by molar-refractivity contribution is 5.58. The maximum Gasteiger partial charge on any atom is 0.266 e. The summed E-state index contributed by atoms with van der Waals surface area (Å²) in [7, 11) is 0. The average Bonchev–Trinajstić information content (AvgIpc) is 2.27. The van der Waals surface area contributed by atoms with Crippen LogP contribution in [0.5, 0.6) is 0 Å². The van der Waals surface area contributed by atoms with Crippen molar-refractivity contribution in [1.82, 2.24) is 9.38 Å². The van der Waals surface area contributed by atoms with Crippen LogP contribution in [0, 0.1) is 18.3 Å². The highest BCUT2D eigenvalue weighted by Crippen LogP contribution is 2.04. The summed E-state index contributed by atoms with van der Waals surface area (Å²) in [6.07, 6.45) is 1.28. The molecule has 0 unspecified atom stereocenters. The lowest BCUT2D eigenvalue weighted by Gasteiger charge is -2.03. The predicted octanol–water partition coefficient (Wildman–Crippen LogP) is -0.636. The van der Waals surface area contributed by atoms with Crippen LogP contribution in [0.2, 0.25) is 0 Å². The summed E-state index contributed by atoms with van der Waals surface area (Å²) in [6.45, 7) is 5.18. The van der Waals surface area contributed by atoms with E-state index in [1.807, 2.05) is 6.07 Å². The number of rotatable bonds is 0. The van der Waals surface area contributed by atoms with Crippen molar-refractivity contribution in [2.24, 2.45) is 0 Å². The van der Waals surface area contributed by atoms with Gasteiger partial charge in [0.25, 0.3) is 11.1 Å². The molecule has 0 N–H and O–H groups in total. The van der Waals surface area contributed by atoms with Crippen molar-refractivity contribution in [2.45, 2.75) is 6.92 Å². The monoisotopic (exact) mass is 213 g/mol. The quantitative estimate of drug-likeness (QED) is 0.583. The van der Waals surface area contributed by atoms with Crippen LogP contribution in [0.15, 0.2) is 21.9 Å². The van der Waals surface area contributed by atoms with Crippen molar-refractivity contribution in [3.05, 3.63) is 49.3 Å². The van der Waals surface area contributed by atoms with Crippen LogP contribution in [0.4, 0.5) is 0 Å². The zero-order chi connectivity index (χ0) is 11.9. The van der Waals surface area contributed by atoms with E-state index in [-0.39, 0.29) is 16.4 Å².